The molecule has 0 bridgehead atoms. The molecular formula is C39H76O3. The second kappa shape index (κ2) is 33.9. The van der Waals surface area contributed by atoms with Crippen molar-refractivity contribution in [1.29, 1.82) is 0 Å². The molecule has 3 nitrogen and oxygen atoms in total. The summed E-state index contributed by atoms with van der Waals surface area (Å²) in [5.74, 6) is 4.58. The molecule has 0 saturated carbocycles. The van der Waals surface area contributed by atoms with E-state index in [0.29, 0.717) is 25.2 Å². The van der Waals surface area contributed by atoms with Crippen LogP contribution >= 0.6 is 0 Å². The van der Waals surface area contributed by atoms with Crippen LogP contribution in [0.25, 0.3) is 0 Å². The number of carbonyl (C=O) groups is 2. The third-order valence-electron chi connectivity index (χ3n) is 7.98. The summed E-state index contributed by atoms with van der Waals surface area (Å²) in [5.41, 5.74) is 3.50. The molecule has 4 unspecified atom stereocenters. The van der Waals surface area contributed by atoms with E-state index in [1.165, 1.54) is 44.9 Å². The van der Waals surface area contributed by atoms with Gasteiger partial charge in [0.1, 0.15) is 5.78 Å². The fourth-order valence-corrected chi connectivity index (χ4v) is 4.50. The largest absolute Gasteiger partial charge is 0.466 e. The third kappa shape index (κ3) is 31.3. The molecule has 0 saturated heterocycles. The smallest absolute Gasteiger partial charge is 0.305 e. The normalized spacial score (nSPS) is 16.9. The van der Waals surface area contributed by atoms with E-state index in [2.05, 4.69) is 73.3 Å². The molecule has 0 amide bonds. The minimum atomic E-state index is -0.123. The van der Waals surface area contributed by atoms with E-state index in [1.54, 1.807) is 31.1 Å². The maximum Gasteiger partial charge on any atom is 0.305 e. The monoisotopic (exact) mass is 593 g/mol. The Morgan fingerprint density at radius 1 is 0.905 bits per heavy atom. The number of hydrogen-bond donors (Lipinski definition) is 0. The zero-order valence-corrected chi connectivity index (χ0v) is 30.9. The van der Waals surface area contributed by atoms with E-state index < -0.39 is 0 Å². The molecule has 1 rings (SSSR count). The number of allylic oxidation sites excluding steroid dienone is 4. The molecule has 250 valence electrons. The summed E-state index contributed by atoms with van der Waals surface area (Å²) in [5, 5.41) is 0. The van der Waals surface area contributed by atoms with E-state index in [0.717, 1.165) is 48.9 Å². The van der Waals surface area contributed by atoms with Crippen LogP contribution in [-0.4, -0.2) is 18.4 Å². The molecule has 0 aromatic heterocycles. The van der Waals surface area contributed by atoms with E-state index in [4.69, 9.17) is 0 Å². The number of esters is 1. The fourth-order valence-electron chi connectivity index (χ4n) is 4.50. The fraction of sp³-hybridized carbons (Fsp3) is 0.795. The first-order valence-electron chi connectivity index (χ1n) is 17.3. The van der Waals surface area contributed by atoms with Gasteiger partial charge in [-0.15, -0.1) is 13.2 Å². The van der Waals surface area contributed by atoms with Crippen molar-refractivity contribution < 1.29 is 14.3 Å². The Bertz CT molecular complexity index is 655. The van der Waals surface area contributed by atoms with Crippen LogP contribution in [-0.2, 0) is 14.3 Å². The van der Waals surface area contributed by atoms with Crippen molar-refractivity contribution in [1.82, 2.24) is 0 Å². The van der Waals surface area contributed by atoms with Gasteiger partial charge < -0.3 is 4.74 Å². The number of carbonyl (C=O) groups excluding carboxylic acids is 2. The van der Waals surface area contributed by atoms with Gasteiger partial charge in [0.15, 0.2) is 0 Å². The highest BCUT2D eigenvalue weighted by Crippen LogP contribution is 2.38. The standard InChI is InChI=1S/C20H38.C6H12O.C5H10O2.C5H10.C3H6/c1-14(2)8-9-15(3)16(4)12-13-20-18(6)11-10-17(5)19(20)7;1-3-5-6(7)4-2;1-3-5(6)7-4-2;1-3-5-4-2;1-3-2/h14-17,19H,8-13H2,1-7H3;3-5H2,1-2H3;3-4H2,1-2H3;3H,1,4-5H2,2H3;3H,1H2,2H3. The lowest BCUT2D eigenvalue weighted by molar-refractivity contribution is -0.142. The third-order valence-corrected chi connectivity index (χ3v) is 7.98. The molecular weight excluding hydrogens is 516 g/mol. The van der Waals surface area contributed by atoms with Gasteiger partial charge in [0.05, 0.1) is 6.61 Å². The highest BCUT2D eigenvalue weighted by Gasteiger charge is 2.24. The summed E-state index contributed by atoms with van der Waals surface area (Å²) in [7, 11) is 0. The Balaban J connectivity index is -0.000000268. The summed E-state index contributed by atoms with van der Waals surface area (Å²) in [6.07, 6.45) is 17.3. The van der Waals surface area contributed by atoms with Gasteiger partial charge in [-0.3, -0.25) is 9.59 Å². The van der Waals surface area contributed by atoms with Gasteiger partial charge in [-0.1, -0.05) is 112 Å². The summed E-state index contributed by atoms with van der Waals surface area (Å²) >= 11 is 0. The van der Waals surface area contributed by atoms with Gasteiger partial charge in [-0.25, -0.2) is 0 Å². The van der Waals surface area contributed by atoms with Crippen LogP contribution in [0.3, 0.4) is 0 Å². The molecule has 0 aromatic carbocycles. The first-order valence-corrected chi connectivity index (χ1v) is 17.3. The van der Waals surface area contributed by atoms with Gasteiger partial charge in [0.25, 0.3) is 0 Å². The van der Waals surface area contributed by atoms with Crippen LogP contribution in [0.1, 0.15) is 167 Å². The number of ether oxygens (including phenoxy) is 1. The van der Waals surface area contributed by atoms with Crippen molar-refractivity contribution >= 4 is 11.8 Å². The van der Waals surface area contributed by atoms with Crippen molar-refractivity contribution in [3.05, 3.63) is 36.5 Å². The minimum Gasteiger partial charge on any atom is -0.466 e. The van der Waals surface area contributed by atoms with E-state index in [-0.39, 0.29) is 5.97 Å². The van der Waals surface area contributed by atoms with Gasteiger partial charge in [-0.05, 0) is 88.9 Å². The van der Waals surface area contributed by atoms with Crippen LogP contribution in [0.15, 0.2) is 36.5 Å². The van der Waals surface area contributed by atoms with Gasteiger partial charge >= 0.3 is 5.97 Å². The van der Waals surface area contributed by atoms with Crippen LogP contribution in [0.5, 0.6) is 0 Å². The number of rotatable bonds is 14. The molecule has 1 aliphatic rings. The molecule has 0 N–H and O–H groups in total. The molecule has 0 heterocycles. The highest BCUT2D eigenvalue weighted by molar-refractivity contribution is 5.77. The lowest BCUT2D eigenvalue weighted by atomic mass is 9.74. The van der Waals surface area contributed by atoms with Crippen molar-refractivity contribution in [3.63, 3.8) is 0 Å². The van der Waals surface area contributed by atoms with Crippen LogP contribution in [0.4, 0.5) is 0 Å². The van der Waals surface area contributed by atoms with E-state index in [9.17, 15) is 9.59 Å². The molecule has 1 aliphatic carbocycles. The quantitative estimate of drug-likeness (QED) is 0.149. The number of hydrogen-bond acceptors (Lipinski definition) is 3. The van der Waals surface area contributed by atoms with Crippen molar-refractivity contribution in [2.45, 2.75) is 167 Å². The van der Waals surface area contributed by atoms with Gasteiger partial charge in [-0.2, -0.15) is 0 Å². The molecule has 3 heteroatoms. The molecule has 0 aliphatic heterocycles. The Kier molecular flexibility index (Phi) is 38.1. The van der Waals surface area contributed by atoms with Crippen molar-refractivity contribution in [3.8, 4) is 0 Å². The molecule has 4 atom stereocenters. The molecule has 42 heavy (non-hydrogen) atoms. The van der Waals surface area contributed by atoms with Gasteiger partial charge in [0.2, 0.25) is 0 Å². The summed E-state index contributed by atoms with van der Waals surface area (Å²) in [6, 6.07) is 0. The summed E-state index contributed by atoms with van der Waals surface area (Å²) in [6.45, 7) is 35.8. The van der Waals surface area contributed by atoms with Gasteiger partial charge in [0, 0.05) is 19.3 Å². The maximum atomic E-state index is 10.4. The number of unbranched alkanes of at least 4 members (excludes halogenated alkanes) is 1. The molecule has 0 fully saturated rings. The van der Waals surface area contributed by atoms with E-state index >= 15 is 0 Å². The highest BCUT2D eigenvalue weighted by atomic mass is 16.5. The zero-order valence-electron chi connectivity index (χ0n) is 30.9. The molecule has 0 spiro atoms. The van der Waals surface area contributed by atoms with E-state index in [1.807, 2.05) is 26.8 Å². The van der Waals surface area contributed by atoms with Crippen molar-refractivity contribution in [2.75, 3.05) is 6.61 Å². The second-order valence-corrected chi connectivity index (χ2v) is 12.4. The predicted octanol–water partition coefficient (Wildman–Crippen LogP) is 12.7. The maximum absolute atomic E-state index is 10.4. The average Bonchev–Trinajstić information content (AvgIpc) is 2.95. The number of Topliss-reactive ketones (excluding diaryl/α,β-unsaturated/α-hetero) is 1. The lowest BCUT2D eigenvalue weighted by Gasteiger charge is -2.31. The summed E-state index contributed by atoms with van der Waals surface area (Å²) in [4.78, 5) is 20.6. The first-order chi connectivity index (χ1) is 19.8. The Hall–Kier alpha value is -1.64. The van der Waals surface area contributed by atoms with Crippen LogP contribution < -0.4 is 0 Å². The molecule has 0 radical (unpaired) electrons. The molecule has 0 aromatic rings. The average molecular weight is 593 g/mol. The number of ketones is 1. The van der Waals surface area contributed by atoms with Crippen molar-refractivity contribution in [2.24, 2.45) is 29.6 Å². The lowest BCUT2D eigenvalue weighted by Crippen LogP contribution is -2.18. The first kappa shape index (κ1) is 47.3. The Labute approximate surface area is 265 Å². The SMILES string of the molecule is C=CC.C=CCCC.CC1=C(CCC(C)C(C)CCC(C)C)C(C)C(C)CC1.CCCC(=O)CC.CCOC(=O)CC. The predicted molar refractivity (Wildman–Crippen MR) is 190 cm³/mol. The Morgan fingerprint density at radius 2 is 1.45 bits per heavy atom. The Morgan fingerprint density at radius 3 is 1.79 bits per heavy atom. The topological polar surface area (TPSA) is 43.4 Å². The zero-order chi connectivity index (χ0) is 33.5. The second-order valence-electron chi connectivity index (χ2n) is 12.4. The van der Waals surface area contributed by atoms with Crippen LogP contribution in [0.2, 0.25) is 0 Å². The summed E-state index contributed by atoms with van der Waals surface area (Å²) < 4.78 is 4.55. The van der Waals surface area contributed by atoms with Crippen LogP contribution in [0, 0.1) is 29.6 Å². The minimum absolute atomic E-state index is 0.123.